The smallest absolute Gasteiger partial charge is 0.0431 e. The second kappa shape index (κ2) is 6.03. The Morgan fingerprint density at radius 3 is 2.94 bits per heavy atom. The highest BCUT2D eigenvalue weighted by molar-refractivity contribution is 5.55. The van der Waals surface area contributed by atoms with E-state index in [1.54, 1.807) is 0 Å². The van der Waals surface area contributed by atoms with E-state index in [-0.39, 0.29) is 0 Å². The SMILES string of the molecule is NCc1ccccc1N1CCCC1CCCO. The first-order valence-electron chi connectivity index (χ1n) is 6.52. The van der Waals surface area contributed by atoms with E-state index in [4.69, 9.17) is 10.8 Å². The minimum Gasteiger partial charge on any atom is -0.396 e. The number of nitrogens with two attached hydrogens (primary N) is 1. The van der Waals surface area contributed by atoms with Crippen LogP contribution in [0.5, 0.6) is 0 Å². The quantitative estimate of drug-likeness (QED) is 0.818. The highest BCUT2D eigenvalue weighted by Gasteiger charge is 2.25. The molecule has 0 spiro atoms. The summed E-state index contributed by atoms with van der Waals surface area (Å²) in [7, 11) is 0. The maximum atomic E-state index is 8.95. The molecule has 3 heteroatoms. The number of benzene rings is 1. The normalized spacial score (nSPS) is 19.9. The molecule has 1 aromatic carbocycles. The summed E-state index contributed by atoms with van der Waals surface area (Å²) in [6.45, 7) is 2.01. The maximum Gasteiger partial charge on any atom is 0.0431 e. The van der Waals surface area contributed by atoms with Crippen molar-refractivity contribution >= 4 is 5.69 Å². The fourth-order valence-corrected chi connectivity index (χ4v) is 2.74. The summed E-state index contributed by atoms with van der Waals surface area (Å²) in [5.41, 5.74) is 8.31. The number of hydrogen-bond donors (Lipinski definition) is 2. The van der Waals surface area contributed by atoms with Crippen molar-refractivity contribution in [1.29, 1.82) is 0 Å². The molecule has 0 radical (unpaired) electrons. The van der Waals surface area contributed by atoms with E-state index in [1.807, 2.05) is 6.07 Å². The first kappa shape index (κ1) is 12.4. The minimum atomic E-state index is 0.295. The van der Waals surface area contributed by atoms with E-state index >= 15 is 0 Å². The van der Waals surface area contributed by atoms with Gasteiger partial charge in [0, 0.05) is 31.4 Å². The summed E-state index contributed by atoms with van der Waals surface area (Å²) in [6.07, 6.45) is 4.45. The van der Waals surface area contributed by atoms with Gasteiger partial charge in [0.2, 0.25) is 0 Å². The summed E-state index contributed by atoms with van der Waals surface area (Å²) >= 11 is 0. The van der Waals surface area contributed by atoms with Gasteiger partial charge in [-0.1, -0.05) is 18.2 Å². The predicted molar refractivity (Wildman–Crippen MR) is 71.0 cm³/mol. The molecule has 17 heavy (non-hydrogen) atoms. The van der Waals surface area contributed by atoms with Crippen LogP contribution in [-0.4, -0.2) is 24.3 Å². The third-order valence-electron chi connectivity index (χ3n) is 3.59. The predicted octanol–water partition coefficient (Wildman–Crippen LogP) is 1.89. The summed E-state index contributed by atoms with van der Waals surface area (Å²) in [5.74, 6) is 0. The van der Waals surface area contributed by atoms with E-state index < -0.39 is 0 Å². The van der Waals surface area contributed by atoms with Crippen molar-refractivity contribution in [3.8, 4) is 0 Å². The van der Waals surface area contributed by atoms with Gasteiger partial charge in [0.15, 0.2) is 0 Å². The molecule has 1 fully saturated rings. The van der Waals surface area contributed by atoms with E-state index in [2.05, 4.69) is 23.1 Å². The van der Waals surface area contributed by atoms with Gasteiger partial charge in [0.1, 0.15) is 0 Å². The fourth-order valence-electron chi connectivity index (χ4n) is 2.74. The Hall–Kier alpha value is -1.06. The molecule has 1 aliphatic heterocycles. The molecular formula is C14H22N2O. The van der Waals surface area contributed by atoms with E-state index in [9.17, 15) is 0 Å². The van der Waals surface area contributed by atoms with Gasteiger partial charge in [0.25, 0.3) is 0 Å². The number of anilines is 1. The molecule has 0 aromatic heterocycles. The zero-order chi connectivity index (χ0) is 12.1. The molecule has 0 aliphatic carbocycles. The topological polar surface area (TPSA) is 49.5 Å². The Balaban J connectivity index is 2.14. The van der Waals surface area contributed by atoms with Crippen molar-refractivity contribution in [3.05, 3.63) is 29.8 Å². The van der Waals surface area contributed by atoms with Gasteiger partial charge in [-0.15, -0.1) is 0 Å². The number of nitrogens with zero attached hydrogens (tertiary/aromatic N) is 1. The largest absolute Gasteiger partial charge is 0.396 e. The highest BCUT2D eigenvalue weighted by Crippen LogP contribution is 2.30. The molecule has 1 aromatic rings. The molecule has 1 atom stereocenters. The number of hydrogen-bond acceptors (Lipinski definition) is 3. The summed E-state index contributed by atoms with van der Waals surface area (Å²) in [6, 6.07) is 8.98. The molecule has 1 unspecified atom stereocenters. The fraction of sp³-hybridized carbons (Fsp3) is 0.571. The number of aliphatic hydroxyl groups is 1. The zero-order valence-electron chi connectivity index (χ0n) is 10.3. The summed E-state index contributed by atoms with van der Waals surface area (Å²) in [5, 5.41) is 8.95. The molecule has 0 saturated carbocycles. The van der Waals surface area contributed by atoms with Gasteiger partial charge in [-0.3, -0.25) is 0 Å². The van der Waals surface area contributed by atoms with Crippen LogP contribution in [0.25, 0.3) is 0 Å². The van der Waals surface area contributed by atoms with Crippen LogP contribution in [0.15, 0.2) is 24.3 Å². The number of para-hydroxylation sites is 1. The first-order chi connectivity index (χ1) is 8.36. The van der Waals surface area contributed by atoms with Gasteiger partial charge in [-0.2, -0.15) is 0 Å². The molecular weight excluding hydrogens is 212 g/mol. The Bertz CT molecular complexity index is 354. The third-order valence-corrected chi connectivity index (χ3v) is 3.59. The Morgan fingerprint density at radius 1 is 1.35 bits per heavy atom. The monoisotopic (exact) mass is 234 g/mol. The van der Waals surface area contributed by atoms with Gasteiger partial charge in [-0.25, -0.2) is 0 Å². The lowest BCUT2D eigenvalue weighted by Crippen LogP contribution is -2.30. The van der Waals surface area contributed by atoms with Crippen molar-refractivity contribution in [1.82, 2.24) is 0 Å². The van der Waals surface area contributed by atoms with Crippen molar-refractivity contribution < 1.29 is 5.11 Å². The van der Waals surface area contributed by atoms with Gasteiger partial charge in [-0.05, 0) is 37.3 Å². The summed E-state index contributed by atoms with van der Waals surface area (Å²) < 4.78 is 0. The van der Waals surface area contributed by atoms with Crippen LogP contribution in [-0.2, 0) is 6.54 Å². The highest BCUT2D eigenvalue weighted by atomic mass is 16.2. The lowest BCUT2D eigenvalue weighted by molar-refractivity contribution is 0.279. The molecule has 1 aliphatic rings. The van der Waals surface area contributed by atoms with Crippen molar-refractivity contribution in [2.75, 3.05) is 18.1 Å². The Labute approximate surface area is 103 Å². The first-order valence-corrected chi connectivity index (χ1v) is 6.52. The van der Waals surface area contributed by atoms with E-state index in [1.165, 1.54) is 24.1 Å². The van der Waals surface area contributed by atoms with Crippen LogP contribution in [0.3, 0.4) is 0 Å². The van der Waals surface area contributed by atoms with Crippen LogP contribution in [0.1, 0.15) is 31.2 Å². The van der Waals surface area contributed by atoms with Crippen LogP contribution < -0.4 is 10.6 Å². The average Bonchev–Trinajstić information content (AvgIpc) is 2.84. The average molecular weight is 234 g/mol. The van der Waals surface area contributed by atoms with Crippen LogP contribution in [0.2, 0.25) is 0 Å². The molecule has 0 amide bonds. The second-order valence-electron chi connectivity index (χ2n) is 4.69. The van der Waals surface area contributed by atoms with Crippen LogP contribution in [0.4, 0.5) is 5.69 Å². The van der Waals surface area contributed by atoms with Crippen LogP contribution in [0, 0.1) is 0 Å². The molecule has 0 bridgehead atoms. The van der Waals surface area contributed by atoms with Gasteiger partial charge >= 0.3 is 0 Å². The minimum absolute atomic E-state index is 0.295. The third kappa shape index (κ3) is 2.79. The molecule has 3 N–H and O–H groups in total. The van der Waals surface area contributed by atoms with E-state index in [0.717, 1.165) is 19.4 Å². The zero-order valence-corrected chi connectivity index (χ0v) is 10.3. The van der Waals surface area contributed by atoms with Gasteiger partial charge in [0.05, 0.1) is 0 Å². The maximum absolute atomic E-state index is 8.95. The van der Waals surface area contributed by atoms with Crippen molar-refractivity contribution in [2.45, 2.75) is 38.3 Å². The summed E-state index contributed by atoms with van der Waals surface area (Å²) in [4.78, 5) is 2.47. The van der Waals surface area contributed by atoms with Crippen LogP contribution >= 0.6 is 0 Å². The molecule has 1 heterocycles. The lowest BCUT2D eigenvalue weighted by Gasteiger charge is -2.28. The number of rotatable bonds is 5. The lowest BCUT2D eigenvalue weighted by atomic mass is 10.1. The number of aliphatic hydroxyl groups excluding tert-OH is 1. The standard InChI is InChI=1S/C14H22N2O/c15-11-12-5-1-2-8-14(12)16-9-3-6-13(16)7-4-10-17/h1-2,5,8,13,17H,3-4,6-7,9-11,15H2. The molecule has 94 valence electrons. The molecule has 3 nitrogen and oxygen atoms in total. The van der Waals surface area contributed by atoms with Gasteiger partial charge < -0.3 is 15.7 Å². The molecule has 1 saturated heterocycles. The van der Waals surface area contributed by atoms with E-state index in [0.29, 0.717) is 19.2 Å². The second-order valence-corrected chi connectivity index (χ2v) is 4.69. The van der Waals surface area contributed by atoms with Crippen molar-refractivity contribution in [2.24, 2.45) is 5.73 Å². The Morgan fingerprint density at radius 2 is 2.18 bits per heavy atom. The van der Waals surface area contributed by atoms with Crippen molar-refractivity contribution in [3.63, 3.8) is 0 Å². The molecule has 2 rings (SSSR count). The Kier molecular flexibility index (Phi) is 4.40.